The van der Waals surface area contributed by atoms with E-state index in [4.69, 9.17) is 21.9 Å². The third-order valence-corrected chi connectivity index (χ3v) is 9.88. The Morgan fingerprint density at radius 2 is 1.84 bits per heavy atom. The molecule has 1 saturated heterocycles. The van der Waals surface area contributed by atoms with Crippen molar-refractivity contribution in [1.29, 1.82) is 0 Å². The van der Waals surface area contributed by atoms with Gasteiger partial charge in [-0.25, -0.2) is 4.98 Å². The summed E-state index contributed by atoms with van der Waals surface area (Å²) in [5.41, 5.74) is 21.4. The van der Waals surface area contributed by atoms with Crippen molar-refractivity contribution in [2.45, 2.75) is 63.5 Å². The van der Waals surface area contributed by atoms with Gasteiger partial charge in [0.25, 0.3) is 0 Å². The first-order valence-electron chi connectivity index (χ1n) is 15.5. The Balaban J connectivity index is 1.01. The lowest BCUT2D eigenvalue weighted by Gasteiger charge is -2.59. The fourth-order valence-electron chi connectivity index (χ4n) is 7.43. The SMILES string of the molecule is NC(N)=C(/C=C(\N)C1=CCCC=C1O)N1CC=[N+](c2ccnc(OC3CCN(C4CC5(CC(C(=O)O)C5)C4)CC3)c2)CC1. The smallest absolute Gasteiger partial charge is 0.306 e. The number of aliphatic hydroxyl groups is 1. The van der Waals surface area contributed by atoms with E-state index in [0.29, 0.717) is 47.4 Å². The number of hydrogen-bond donors (Lipinski definition) is 5. The Labute approximate surface area is 252 Å². The molecule has 2 aliphatic heterocycles. The number of ether oxygens (including phenoxy) is 1. The average molecular weight is 591 g/mol. The number of aliphatic hydroxyl groups excluding tert-OH is 1. The van der Waals surface area contributed by atoms with Gasteiger partial charge in [0.15, 0.2) is 12.8 Å². The number of aliphatic carboxylic acids is 1. The van der Waals surface area contributed by atoms with Crippen molar-refractivity contribution in [3.05, 3.63) is 65.1 Å². The van der Waals surface area contributed by atoms with Crippen LogP contribution in [0.4, 0.5) is 5.69 Å². The summed E-state index contributed by atoms with van der Waals surface area (Å²) in [4.78, 5) is 20.3. The molecule has 0 atom stereocenters. The topological polar surface area (TPSA) is 167 Å². The van der Waals surface area contributed by atoms with Gasteiger partial charge in [-0.15, -0.1) is 0 Å². The average Bonchev–Trinajstić information content (AvgIpc) is 2.95. The summed E-state index contributed by atoms with van der Waals surface area (Å²) in [7, 11) is 0. The van der Waals surface area contributed by atoms with E-state index in [1.165, 1.54) is 0 Å². The number of pyridine rings is 1. The Morgan fingerprint density at radius 3 is 2.49 bits per heavy atom. The molecule has 2 saturated carbocycles. The minimum Gasteiger partial charge on any atom is -0.508 e. The summed E-state index contributed by atoms with van der Waals surface area (Å²) in [6, 6.07) is 4.58. The number of nitrogens with zero attached hydrogens (tertiary/aromatic N) is 4. The first-order chi connectivity index (χ1) is 20.7. The van der Waals surface area contributed by atoms with Gasteiger partial charge in [0.1, 0.15) is 17.7 Å². The summed E-state index contributed by atoms with van der Waals surface area (Å²) in [6.07, 6.45) is 17.0. The van der Waals surface area contributed by atoms with E-state index in [1.807, 2.05) is 18.2 Å². The molecule has 0 amide bonds. The molecular formula is C32H44N7O4+. The number of carboxylic acid groups (broad SMARTS) is 1. The minimum absolute atomic E-state index is 0.122. The zero-order valence-corrected chi connectivity index (χ0v) is 24.7. The molecule has 43 heavy (non-hydrogen) atoms. The molecule has 1 aromatic rings. The highest BCUT2D eigenvalue weighted by Crippen LogP contribution is 2.60. The van der Waals surface area contributed by atoms with Crippen molar-refractivity contribution in [2.75, 3.05) is 32.7 Å². The van der Waals surface area contributed by atoms with Crippen LogP contribution in [0.3, 0.4) is 0 Å². The maximum atomic E-state index is 11.2. The maximum Gasteiger partial charge on any atom is 0.306 e. The molecule has 1 aromatic heterocycles. The number of hydrogen-bond acceptors (Lipinski definition) is 9. The first kappa shape index (κ1) is 29.1. The lowest BCUT2D eigenvalue weighted by Crippen LogP contribution is -2.59. The van der Waals surface area contributed by atoms with Crippen LogP contribution >= 0.6 is 0 Å². The van der Waals surface area contributed by atoms with Gasteiger partial charge in [-0.1, -0.05) is 6.08 Å². The fourth-order valence-corrected chi connectivity index (χ4v) is 7.43. The molecule has 1 spiro atoms. The molecule has 3 fully saturated rings. The highest BCUT2D eigenvalue weighted by molar-refractivity contribution is 5.71. The standard InChI is InChI=1S/C32H43N7O4/c33-26(25-3-1-2-4-28(25)40)16-27(30(34)35)39-13-11-38(12-14-39)22-5-8-36-29(15-22)43-24-6-9-37(10-7-24)23-19-32(20-23)17-21(18-32)31(41)42/h3-5,8,11,15-16,21,23-24H,1-2,6-7,9-10,12-14,17-20,33-35H2,(H-,40,41,42)/p+1/b26-16-. The molecule has 11 nitrogen and oxygen atoms in total. The number of aromatic nitrogens is 1. The second-order valence-electron chi connectivity index (χ2n) is 12.8. The van der Waals surface area contributed by atoms with Gasteiger partial charge in [-0.2, -0.15) is 4.58 Å². The summed E-state index contributed by atoms with van der Waals surface area (Å²) < 4.78 is 8.52. The lowest BCUT2D eigenvalue weighted by molar-refractivity contribution is -0.442. The molecule has 0 bridgehead atoms. The van der Waals surface area contributed by atoms with Crippen LogP contribution in [0.15, 0.2) is 65.1 Å². The van der Waals surface area contributed by atoms with Crippen LogP contribution in [0.5, 0.6) is 5.88 Å². The molecule has 6 rings (SSSR count). The summed E-state index contributed by atoms with van der Waals surface area (Å²) >= 11 is 0. The zero-order chi connectivity index (χ0) is 30.1. The molecule has 5 aliphatic rings. The predicted molar refractivity (Wildman–Crippen MR) is 163 cm³/mol. The van der Waals surface area contributed by atoms with Crippen molar-refractivity contribution in [2.24, 2.45) is 28.5 Å². The quantitative estimate of drug-likeness (QED) is 0.224. The second kappa shape index (κ2) is 11.9. The maximum absolute atomic E-state index is 11.2. The van der Waals surface area contributed by atoms with Crippen molar-refractivity contribution in [3.63, 3.8) is 0 Å². The Kier molecular flexibility index (Phi) is 8.09. The third-order valence-electron chi connectivity index (χ3n) is 9.88. The number of carbonyl (C=O) groups is 1. The zero-order valence-electron chi connectivity index (χ0n) is 24.7. The molecule has 0 aromatic carbocycles. The van der Waals surface area contributed by atoms with Gasteiger partial charge in [0.05, 0.1) is 30.8 Å². The van der Waals surface area contributed by atoms with Gasteiger partial charge in [-0.3, -0.25) is 4.79 Å². The van der Waals surface area contributed by atoms with E-state index in [-0.39, 0.29) is 23.6 Å². The molecule has 11 heteroatoms. The van der Waals surface area contributed by atoms with Gasteiger partial charge in [0.2, 0.25) is 11.6 Å². The molecule has 230 valence electrons. The number of piperidine rings is 1. The van der Waals surface area contributed by atoms with Crippen molar-refractivity contribution < 1.29 is 24.3 Å². The van der Waals surface area contributed by atoms with Crippen LogP contribution in [0.1, 0.15) is 51.4 Å². The van der Waals surface area contributed by atoms with Crippen molar-refractivity contribution in [1.82, 2.24) is 14.8 Å². The molecule has 3 heterocycles. The van der Waals surface area contributed by atoms with Crippen molar-refractivity contribution in [3.8, 4) is 5.88 Å². The normalized spacial score (nSPS) is 28.2. The second-order valence-corrected chi connectivity index (χ2v) is 12.8. The van der Waals surface area contributed by atoms with Gasteiger partial charge >= 0.3 is 5.97 Å². The van der Waals surface area contributed by atoms with Gasteiger partial charge in [0, 0.05) is 42.7 Å². The Morgan fingerprint density at radius 1 is 1.09 bits per heavy atom. The largest absolute Gasteiger partial charge is 0.508 e. The van der Waals surface area contributed by atoms with E-state index >= 15 is 0 Å². The number of likely N-dealkylation sites (tertiary alicyclic amines) is 1. The lowest BCUT2D eigenvalue weighted by atomic mass is 9.49. The Hall–Kier alpha value is -3.99. The highest BCUT2D eigenvalue weighted by atomic mass is 16.5. The fraction of sp³-hybridized carbons (Fsp3) is 0.531. The van der Waals surface area contributed by atoms with Crippen LogP contribution in [-0.4, -0.2) is 86.6 Å². The minimum atomic E-state index is -0.630. The van der Waals surface area contributed by atoms with Gasteiger partial charge < -0.3 is 42.0 Å². The van der Waals surface area contributed by atoms with Crippen LogP contribution in [0.2, 0.25) is 0 Å². The molecular weight excluding hydrogens is 546 g/mol. The van der Waals surface area contributed by atoms with Crippen LogP contribution in [-0.2, 0) is 4.79 Å². The van der Waals surface area contributed by atoms with E-state index in [0.717, 1.165) is 76.7 Å². The summed E-state index contributed by atoms with van der Waals surface area (Å²) in [5, 5.41) is 19.4. The van der Waals surface area contributed by atoms with E-state index in [1.54, 1.807) is 18.3 Å². The number of carboxylic acids is 1. The van der Waals surface area contributed by atoms with E-state index < -0.39 is 5.97 Å². The van der Waals surface area contributed by atoms with Crippen LogP contribution in [0.25, 0.3) is 0 Å². The van der Waals surface area contributed by atoms with Crippen LogP contribution < -0.4 is 21.9 Å². The summed E-state index contributed by atoms with van der Waals surface area (Å²) in [6.45, 7) is 4.01. The van der Waals surface area contributed by atoms with Gasteiger partial charge in [-0.05, 0) is 68.9 Å². The molecule has 0 unspecified atom stereocenters. The predicted octanol–water partition coefficient (Wildman–Crippen LogP) is 2.69. The number of nitrogens with two attached hydrogens (primary N) is 3. The van der Waals surface area contributed by atoms with E-state index in [2.05, 4.69) is 25.6 Å². The Bertz CT molecular complexity index is 1390. The highest BCUT2D eigenvalue weighted by Gasteiger charge is 2.56. The number of allylic oxidation sites excluding steroid dienone is 3. The molecule has 3 aliphatic carbocycles. The van der Waals surface area contributed by atoms with Crippen LogP contribution in [0, 0.1) is 11.3 Å². The molecule has 8 N–H and O–H groups in total. The monoisotopic (exact) mass is 590 g/mol. The first-order valence-corrected chi connectivity index (χ1v) is 15.5. The summed E-state index contributed by atoms with van der Waals surface area (Å²) in [5.74, 6) is 0.255. The van der Waals surface area contributed by atoms with Crippen molar-refractivity contribution >= 4 is 17.9 Å². The molecule has 0 radical (unpaired) electrons. The van der Waals surface area contributed by atoms with E-state index in [9.17, 15) is 15.0 Å². The third kappa shape index (κ3) is 6.22. The number of rotatable bonds is 8.